The molecule has 2 rings (SSSR count). The molecule has 1 aromatic carbocycles. The van der Waals surface area contributed by atoms with E-state index >= 15 is 0 Å². The predicted molar refractivity (Wildman–Crippen MR) is 72.0 cm³/mol. The van der Waals surface area contributed by atoms with Gasteiger partial charge in [-0.2, -0.15) is 0 Å². The van der Waals surface area contributed by atoms with Crippen LogP contribution in [0.5, 0.6) is 0 Å². The quantitative estimate of drug-likeness (QED) is 0.802. The average molecular weight is 294 g/mol. The molecule has 0 aliphatic rings. The van der Waals surface area contributed by atoms with Crippen molar-refractivity contribution in [2.24, 2.45) is 0 Å². The van der Waals surface area contributed by atoms with Gasteiger partial charge in [0.2, 0.25) is 0 Å². The molecule has 0 atom stereocenters. The van der Waals surface area contributed by atoms with Crippen molar-refractivity contribution in [2.45, 2.75) is 23.8 Å². The first-order chi connectivity index (χ1) is 7.65. The Labute approximate surface area is 108 Å². The summed E-state index contributed by atoms with van der Waals surface area (Å²) >= 11 is 5.21. The van der Waals surface area contributed by atoms with Crippen LogP contribution in [0.1, 0.15) is 11.1 Å². The first kappa shape index (κ1) is 11.7. The number of nitrogens with zero attached hydrogens (tertiary/aromatic N) is 1. The lowest BCUT2D eigenvalue weighted by atomic mass is 10.2. The van der Waals surface area contributed by atoms with Crippen LogP contribution >= 0.6 is 27.7 Å². The molecule has 1 nitrogen and oxygen atoms in total. The van der Waals surface area contributed by atoms with Crippen LogP contribution in [0.15, 0.2) is 50.9 Å². The minimum Gasteiger partial charge on any atom is -0.248 e. The van der Waals surface area contributed by atoms with E-state index in [1.165, 1.54) is 16.0 Å². The van der Waals surface area contributed by atoms with Crippen molar-refractivity contribution in [1.29, 1.82) is 0 Å². The lowest BCUT2D eigenvalue weighted by Gasteiger charge is -2.04. The Morgan fingerprint density at radius 2 is 1.75 bits per heavy atom. The number of aromatic nitrogens is 1. The summed E-state index contributed by atoms with van der Waals surface area (Å²) in [6.07, 6.45) is 1.89. The number of hydrogen-bond donors (Lipinski definition) is 0. The van der Waals surface area contributed by atoms with Gasteiger partial charge in [0, 0.05) is 11.1 Å². The Morgan fingerprint density at radius 3 is 2.38 bits per heavy atom. The maximum Gasteiger partial charge on any atom is 0.115 e. The van der Waals surface area contributed by atoms with Crippen molar-refractivity contribution < 1.29 is 0 Å². The van der Waals surface area contributed by atoms with E-state index in [9.17, 15) is 0 Å². The molecule has 0 unspecified atom stereocenters. The maximum absolute atomic E-state index is 4.41. The summed E-state index contributed by atoms with van der Waals surface area (Å²) in [7, 11) is 0. The largest absolute Gasteiger partial charge is 0.248 e. The number of hydrogen-bond acceptors (Lipinski definition) is 2. The average Bonchev–Trinajstić information content (AvgIpc) is 2.25. The number of halogens is 1. The molecule has 3 heteroatoms. The standard InChI is InChI=1S/C13H12BrNS/c1-9-3-5-11(6-4-9)16-13-12(14)7-10(2)8-15-13/h3-8H,1-2H3. The minimum atomic E-state index is 1.01. The SMILES string of the molecule is Cc1ccc(Sc2ncc(C)cc2Br)cc1. The molecule has 1 aromatic heterocycles. The van der Waals surface area contributed by atoms with Crippen LogP contribution in [0.3, 0.4) is 0 Å². The second kappa shape index (κ2) is 5.02. The highest BCUT2D eigenvalue weighted by atomic mass is 79.9. The normalized spacial score (nSPS) is 10.4. The zero-order valence-corrected chi connectivity index (χ0v) is 11.6. The van der Waals surface area contributed by atoms with Gasteiger partial charge in [-0.1, -0.05) is 29.5 Å². The summed E-state index contributed by atoms with van der Waals surface area (Å²) in [6.45, 7) is 4.13. The van der Waals surface area contributed by atoms with Crippen molar-refractivity contribution in [2.75, 3.05) is 0 Å². The van der Waals surface area contributed by atoms with E-state index in [4.69, 9.17) is 0 Å². The van der Waals surface area contributed by atoms with Gasteiger partial charge in [-0.3, -0.25) is 0 Å². The zero-order valence-electron chi connectivity index (χ0n) is 9.20. The molecular weight excluding hydrogens is 282 g/mol. The van der Waals surface area contributed by atoms with Gasteiger partial charge in [-0.05, 0) is 53.5 Å². The molecule has 2 aromatic rings. The fourth-order valence-electron chi connectivity index (χ4n) is 1.31. The fourth-order valence-corrected chi connectivity index (χ4v) is 2.78. The van der Waals surface area contributed by atoms with Crippen molar-refractivity contribution in [1.82, 2.24) is 4.98 Å². The van der Waals surface area contributed by atoms with E-state index in [0.29, 0.717) is 0 Å². The third-order valence-corrected chi connectivity index (χ3v) is 4.07. The lowest BCUT2D eigenvalue weighted by Crippen LogP contribution is -1.84. The molecule has 82 valence electrons. The van der Waals surface area contributed by atoms with E-state index in [2.05, 4.69) is 58.2 Å². The summed E-state index contributed by atoms with van der Waals surface area (Å²) in [4.78, 5) is 5.62. The number of aryl methyl sites for hydroxylation is 2. The van der Waals surface area contributed by atoms with Gasteiger partial charge < -0.3 is 0 Å². The summed E-state index contributed by atoms with van der Waals surface area (Å²) in [5, 5.41) is 1.01. The molecule has 0 aliphatic heterocycles. The first-order valence-electron chi connectivity index (χ1n) is 5.02. The first-order valence-corrected chi connectivity index (χ1v) is 6.63. The summed E-state index contributed by atoms with van der Waals surface area (Å²) in [5.74, 6) is 0. The lowest BCUT2D eigenvalue weighted by molar-refractivity contribution is 1.08. The van der Waals surface area contributed by atoms with Crippen LogP contribution in [0.2, 0.25) is 0 Å². The molecule has 1 heterocycles. The second-order valence-corrected chi connectivity index (χ2v) is 5.63. The number of rotatable bonds is 2. The highest BCUT2D eigenvalue weighted by molar-refractivity contribution is 9.10. The van der Waals surface area contributed by atoms with E-state index in [-0.39, 0.29) is 0 Å². The van der Waals surface area contributed by atoms with Crippen LogP contribution in [0.25, 0.3) is 0 Å². The Bertz CT molecular complexity index is 494. The third-order valence-electron chi connectivity index (χ3n) is 2.18. The monoisotopic (exact) mass is 293 g/mol. The minimum absolute atomic E-state index is 1.01. The Hall–Kier alpha value is -0.800. The van der Waals surface area contributed by atoms with Crippen LogP contribution < -0.4 is 0 Å². The molecule has 0 spiro atoms. The molecule has 0 radical (unpaired) electrons. The topological polar surface area (TPSA) is 12.9 Å². The van der Waals surface area contributed by atoms with E-state index < -0.39 is 0 Å². The van der Waals surface area contributed by atoms with Crippen LogP contribution in [-0.2, 0) is 0 Å². The van der Waals surface area contributed by atoms with Gasteiger partial charge in [-0.15, -0.1) is 0 Å². The van der Waals surface area contributed by atoms with Gasteiger partial charge in [0.25, 0.3) is 0 Å². The van der Waals surface area contributed by atoms with E-state index in [1.807, 2.05) is 13.1 Å². The number of pyridine rings is 1. The second-order valence-electron chi connectivity index (χ2n) is 3.71. The van der Waals surface area contributed by atoms with Crippen molar-refractivity contribution >= 4 is 27.7 Å². The molecule has 0 saturated heterocycles. The highest BCUT2D eigenvalue weighted by Gasteiger charge is 2.03. The summed E-state index contributed by atoms with van der Waals surface area (Å²) in [5.41, 5.74) is 2.44. The third kappa shape index (κ3) is 2.86. The molecular formula is C13H12BrNS. The Morgan fingerprint density at radius 1 is 1.06 bits per heavy atom. The van der Waals surface area contributed by atoms with Gasteiger partial charge in [0.1, 0.15) is 5.03 Å². The highest BCUT2D eigenvalue weighted by Crippen LogP contribution is 2.31. The van der Waals surface area contributed by atoms with Crippen LogP contribution in [0.4, 0.5) is 0 Å². The van der Waals surface area contributed by atoms with Crippen molar-refractivity contribution in [3.05, 3.63) is 52.1 Å². The number of benzene rings is 1. The molecule has 0 fully saturated rings. The van der Waals surface area contributed by atoms with Crippen LogP contribution in [-0.4, -0.2) is 4.98 Å². The van der Waals surface area contributed by atoms with Gasteiger partial charge in [0.05, 0.1) is 4.47 Å². The van der Waals surface area contributed by atoms with Gasteiger partial charge >= 0.3 is 0 Å². The Kier molecular flexibility index (Phi) is 3.66. The van der Waals surface area contributed by atoms with Crippen molar-refractivity contribution in [3.63, 3.8) is 0 Å². The van der Waals surface area contributed by atoms with Crippen molar-refractivity contribution in [3.8, 4) is 0 Å². The Balaban J connectivity index is 2.23. The molecule has 0 amide bonds. The molecule has 0 bridgehead atoms. The zero-order chi connectivity index (χ0) is 11.5. The van der Waals surface area contributed by atoms with Gasteiger partial charge in [-0.25, -0.2) is 4.98 Å². The van der Waals surface area contributed by atoms with Gasteiger partial charge in [0.15, 0.2) is 0 Å². The molecule has 0 saturated carbocycles. The van der Waals surface area contributed by atoms with E-state index in [0.717, 1.165) is 9.50 Å². The molecule has 0 aliphatic carbocycles. The van der Waals surface area contributed by atoms with E-state index in [1.54, 1.807) is 11.8 Å². The maximum atomic E-state index is 4.41. The molecule has 16 heavy (non-hydrogen) atoms. The summed E-state index contributed by atoms with van der Waals surface area (Å²) in [6, 6.07) is 10.6. The predicted octanol–water partition coefficient (Wildman–Crippen LogP) is 4.61. The fraction of sp³-hybridized carbons (Fsp3) is 0.154. The van der Waals surface area contributed by atoms with Crippen LogP contribution in [0, 0.1) is 13.8 Å². The molecule has 0 N–H and O–H groups in total. The summed E-state index contributed by atoms with van der Waals surface area (Å²) < 4.78 is 1.05. The smallest absolute Gasteiger partial charge is 0.115 e.